The molecule has 0 aromatic heterocycles. The normalized spacial score (nSPS) is 12.9. The van der Waals surface area contributed by atoms with Gasteiger partial charge in [0.25, 0.3) is 5.91 Å². The third kappa shape index (κ3) is 3.67. The minimum atomic E-state index is -0.619. The fourth-order valence-corrected chi connectivity index (χ4v) is 0.335. The summed E-state index contributed by atoms with van der Waals surface area (Å²) in [4.78, 5) is 10.5. The predicted octanol–water partition coefficient (Wildman–Crippen LogP) is -0.679. The maximum atomic E-state index is 10.5. The van der Waals surface area contributed by atoms with Gasteiger partial charge in [0, 0.05) is 0 Å². The van der Waals surface area contributed by atoms with Crippen LogP contribution in [0.1, 0.15) is 13.8 Å². The van der Waals surface area contributed by atoms with Crippen molar-refractivity contribution >= 4 is 17.3 Å². The minimum absolute atomic E-state index is 0.299. The smallest absolute Gasteiger partial charge is 0.265 e. The van der Waals surface area contributed by atoms with Gasteiger partial charge in [-0.2, -0.15) is 5.10 Å². The average Bonchev–Trinajstić information content (AvgIpc) is 2.11. The first-order valence-corrected chi connectivity index (χ1v) is 3.24. The molecular weight excluding hydrogens is 162 g/mol. The van der Waals surface area contributed by atoms with Gasteiger partial charge in [-0.25, -0.2) is 5.43 Å². The second-order valence-corrected chi connectivity index (χ2v) is 2.08. The van der Waals surface area contributed by atoms with Gasteiger partial charge < -0.3 is 10.3 Å². The Morgan fingerprint density at radius 2 is 2.00 bits per heavy atom. The van der Waals surface area contributed by atoms with E-state index in [0.29, 0.717) is 11.4 Å². The molecule has 0 aliphatic rings. The molecule has 0 saturated heterocycles. The van der Waals surface area contributed by atoms with Crippen LogP contribution in [0.5, 0.6) is 0 Å². The number of amides is 1. The molecule has 0 fully saturated rings. The summed E-state index contributed by atoms with van der Waals surface area (Å²) in [5, 5.41) is 23.0. The Bertz CT molecular complexity index is 222. The van der Waals surface area contributed by atoms with Gasteiger partial charge in [-0.05, 0) is 13.8 Å². The average molecular weight is 173 g/mol. The van der Waals surface area contributed by atoms with Gasteiger partial charge in [0.1, 0.15) is 6.61 Å². The summed E-state index contributed by atoms with van der Waals surface area (Å²) in [5.41, 5.74) is 2.73. The van der Waals surface area contributed by atoms with E-state index in [9.17, 15) is 4.79 Å². The molecule has 0 rings (SSSR count). The molecule has 0 atom stereocenters. The predicted molar refractivity (Wildman–Crippen MR) is 43.2 cm³/mol. The fourth-order valence-electron chi connectivity index (χ4n) is 0.335. The molecular formula is C6H11N3O3. The molecule has 0 heterocycles. The van der Waals surface area contributed by atoms with E-state index < -0.39 is 12.5 Å². The van der Waals surface area contributed by atoms with E-state index in [0.717, 1.165) is 0 Å². The van der Waals surface area contributed by atoms with Gasteiger partial charge >= 0.3 is 0 Å². The van der Waals surface area contributed by atoms with Crippen LogP contribution in [0.15, 0.2) is 10.3 Å². The maximum absolute atomic E-state index is 10.5. The van der Waals surface area contributed by atoms with Crippen LogP contribution in [0.3, 0.4) is 0 Å². The standard InChI is InChI=1S/C6H11N3O3/c1-4(5(2)9-12)7-8-6(11)3-10/h10,12H,3H2,1-2H3,(H,8,11). The molecule has 0 unspecified atom stereocenters. The van der Waals surface area contributed by atoms with Crippen molar-refractivity contribution in [2.45, 2.75) is 13.8 Å². The zero-order chi connectivity index (χ0) is 9.56. The van der Waals surface area contributed by atoms with E-state index in [1.165, 1.54) is 6.92 Å². The molecule has 0 aromatic carbocycles. The van der Waals surface area contributed by atoms with Gasteiger partial charge in [0.15, 0.2) is 0 Å². The summed E-state index contributed by atoms with van der Waals surface area (Å²) in [6.07, 6.45) is 0. The van der Waals surface area contributed by atoms with Gasteiger partial charge in [-0.3, -0.25) is 4.79 Å². The fraction of sp³-hybridized carbons (Fsp3) is 0.500. The van der Waals surface area contributed by atoms with Gasteiger partial charge in [-0.15, -0.1) is 0 Å². The third-order valence-corrected chi connectivity index (χ3v) is 1.17. The highest BCUT2D eigenvalue weighted by Gasteiger charge is 1.98. The van der Waals surface area contributed by atoms with E-state index in [4.69, 9.17) is 10.3 Å². The Labute approximate surface area is 69.6 Å². The lowest BCUT2D eigenvalue weighted by atomic mass is 10.3. The lowest BCUT2D eigenvalue weighted by molar-refractivity contribution is -0.123. The van der Waals surface area contributed by atoms with E-state index in [-0.39, 0.29) is 0 Å². The maximum Gasteiger partial charge on any atom is 0.265 e. The summed E-state index contributed by atoms with van der Waals surface area (Å²) < 4.78 is 0. The van der Waals surface area contributed by atoms with Crippen LogP contribution >= 0.6 is 0 Å². The number of carbonyl (C=O) groups is 1. The highest BCUT2D eigenvalue weighted by atomic mass is 16.4. The summed E-state index contributed by atoms with van der Waals surface area (Å²) in [7, 11) is 0. The Balaban J connectivity index is 4.10. The lowest BCUT2D eigenvalue weighted by Crippen LogP contribution is -2.23. The van der Waals surface area contributed by atoms with Gasteiger partial charge in [0.2, 0.25) is 0 Å². The first-order chi connectivity index (χ1) is 5.61. The van der Waals surface area contributed by atoms with Crippen molar-refractivity contribution in [3.05, 3.63) is 0 Å². The SMILES string of the molecule is CC(=NO)C(C)=NNC(=O)CO. The van der Waals surface area contributed by atoms with E-state index in [1.807, 2.05) is 0 Å². The zero-order valence-electron chi connectivity index (χ0n) is 6.90. The molecule has 12 heavy (non-hydrogen) atoms. The van der Waals surface area contributed by atoms with Crippen molar-refractivity contribution in [1.82, 2.24) is 5.43 Å². The molecule has 6 heteroatoms. The molecule has 0 aliphatic heterocycles. The molecule has 1 amide bonds. The van der Waals surface area contributed by atoms with Crippen molar-refractivity contribution < 1.29 is 15.1 Å². The number of nitrogens with zero attached hydrogens (tertiary/aromatic N) is 2. The largest absolute Gasteiger partial charge is 0.411 e. The molecule has 0 spiro atoms. The monoisotopic (exact) mass is 173 g/mol. The Hall–Kier alpha value is -1.43. The van der Waals surface area contributed by atoms with Crippen molar-refractivity contribution in [1.29, 1.82) is 0 Å². The first-order valence-electron chi connectivity index (χ1n) is 3.24. The topological polar surface area (TPSA) is 94.3 Å². The molecule has 0 saturated carbocycles. The Kier molecular flexibility index (Phi) is 4.62. The van der Waals surface area contributed by atoms with Crippen LogP contribution in [0, 0.1) is 0 Å². The Morgan fingerprint density at radius 1 is 1.42 bits per heavy atom. The number of hydrazone groups is 1. The number of hydrogen-bond donors (Lipinski definition) is 3. The van der Waals surface area contributed by atoms with Crippen LogP contribution in [-0.4, -0.2) is 34.3 Å². The zero-order valence-corrected chi connectivity index (χ0v) is 6.90. The van der Waals surface area contributed by atoms with Gasteiger partial charge in [-0.1, -0.05) is 5.16 Å². The first kappa shape index (κ1) is 10.6. The highest BCUT2D eigenvalue weighted by Crippen LogP contribution is 1.80. The lowest BCUT2D eigenvalue weighted by Gasteiger charge is -1.97. The highest BCUT2D eigenvalue weighted by molar-refractivity contribution is 6.40. The van der Waals surface area contributed by atoms with Gasteiger partial charge in [0.05, 0.1) is 11.4 Å². The van der Waals surface area contributed by atoms with Crippen molar-refractivity contribution in [3.8, 4) is 0 Å². The molecule has 0 aliphatic carbocycles. The third-order valence-electron chi connectivity index (χ3n) is 1.17. The number of aliphatic hydroxyl groups excluding tert-OH is 1. The molecule has 3 N–H and O–H groups in total. The number of rotatable bonds is 3. The summed E-state index contributed by atoms with van der Waals surface area (Å²) in [5.74, 6) is -0.611. The molecule has 6 nitrogen and oxygen atoms in total. The molecule has 68 valence electrons. The number of nitrogens with one attached hydrogen (secondary N) is 1. The summed E-state index contributed by atoms with van der Waals surface area (Å²) in [6, 6.07) is 0. The van der Waals surface area contributed by atoms with Crippen LogP contribution in [0.2, 0.25) is 0 Å². The number of aliphatic hydroxyl groups is 1. The van der Waals surface area contributed by atoms with Crippen LogP contribution in [0.4, 0.5) is 0 Å². The van der Waals surface area contributed by atoms with E-state index in [1.54, 1.807) is 6.92 Å². The van der Waals surface area contributed by atoms with Crippen molar-refractivity contribution in [3.63, 3.8) is 0 Å². The quantitative estimate of drug-likeness (QED) is 0.300. The molecule has 0 bridgehead atoms. The van der Waals surface area contributed by atoms with Crippen LogP contribution in [0.25, 0.3) is 0 Å². The summed E-state index contributed by atoms with van der Waals surface area (Å²) >= 11 is 0. The molecule has 0 radical (unpaired) electrons. The second kappa shape index (κ2) is 5.25. The van der Waals surface area contributed by atoms with Crippen LogP contribution < -0.4 is 5.43 Å². The van der Waals surface area contributed by atoms with E-state index >= 15 is 0 Å². The van der Waals surface area contributed by atoms with E-state index in [2.05, 4.69) is 15.7 Å². The minimum Gasteiger partial charge on any atom is -0.411 e. The number of oxime groups is 1. The number of hydrogen-bond acceptors (Lipinski definition) is 5. The Morgan fingerprint density at radius 3 is 2.42 bits per heavy atom. The van der Waals surface area contributed by atoms with Crippen molar-refractivity contribution in [2.24, 2.45) is 10.3 Å². The second-order valence-electron chi connectivity index (χ2n) is 2.08. The van der Waals surface area contributed by atoms with Crippen LogP contribution in [-0.2, 0) is 4.79 Å². The van der Waals surface area contributed by atoms with Crippen molar-refractivity contribution in [2.75, 3.05) is 6.61 Å². The summed E-state index contributed by atoms with van der Waals surface area (Å²) in [6.45, 7) is 2.47. The molecule has 0 aromatic rings. The number of carbonyl (C=O) groups excluding carboxylic acids is 1.